The smallest absolute Gasteiger partial charge is 0.237 e. The summed E-state index contributed by atoms with van der Waals surface area (Å²) in [5, 5.41) is 6.85. The van der Waals surface area contributed by atoms with Crippen LogP contribution in [-0.2, 0) is 4.79 Å². The second kappa shape index (κ2) is 7.05. The van der Waals surface area contributed by atoms with Gasteiger partial charge in [0.05, 0.1) is 6.04 Å². The van der Waals surface area contributed by atoms with E-state index in [1.165, 1.54) is 25.7 Å². The first-order valence-corrected chi connectivity index (χ1v) is 9.38. The van der Waals surface area contributed by atoms with Crippen molar-refractivity contribution in [1.29, 1.82) is 0 Å². The highest BCUT2D eigenvalue weighted by Crippen LogP contribution is 2.33. The number of aromatic nitrogens is 2. The van der Waals surface area contributed by atoms with Crippen LogP contribution in [0.25, 0.3) is 0 Å². The number of nitrogens with zero attached hydrogens (tertiary/aromatic N) is 3. The van der Waals surface area contributed by atoms with Gasteiger partial charge in [0.1, 0.15) is 0 Å². The summed E-state index contributed by atoms with van der Waals surface area (Å²) in [4.78, 5) is 23.4. The molecular formula is C18H27N5O. The minimum Gasteiger partial charge on any atom is -0.352 e. The molecule has 0 bridgehead atoms. The Morgan fingerprint density at radius 3 is 2.62 bits per heavy atom. The van der Waals surface area contributed by atoms with Gasteiger partial charge >= 0.3 is 0 Å². The maximum atomic E-state index is 12.6. The molecule has 6 heteroatoms. The Hall–Kier alpha value is -1.69. The van der Waals surface area contributed by atoms with E-state index in [0.717, 1.165) is 38.3 Å². The molecule has 1 amide bonds. The van der Waals surface area contributed by atoms with E-state index >= 15 is 0 Å². The number of amides is 1. The third-order valence-electron chi connectivity index (χ3n) is 5.86. The highest BCUT2D eigenvalue weighted by atomic mass is 16.2. The number of carbonyl (C=O) groups excluding carboxylic acids is 1. The standard InChI is InChI=1S/C18H27N5O/c24-17(16-12-13-4-1-2-5-15(13)22-16)21-14-6-10-23(11-7-14)18-19-8-3-9-20-18/h3,8-9,13-16,22H,1-2,4-7,10-12H2,(H,21,24)/t13-,15-,16-/m0/s1. The molecule has 0 radical (unpaired) electrons. The Morgan fingerprint density at radius 1 is 1.12 bits per heavy atom. The van der Waals surface area contributed by atoms with Crippen LogP contribution in [-0.4, -0.2) is 47.1 Å². The van der Waals surface area contributed by atoms with Gasteiger partial charge in [-0.05, 0) is 44.1 Å². The lowest BCUT2D eigenvalue weighted by Gasteiger charge is -2.32. The molecule has 4 rings (SSSR count). The van der Waals surface area contributed by atoms with Gasteiger partial charge in [0.15, 0.2) is 0 Å². The summed E-state index contributed by atoms with van der Waals surface area (Å²) in [5.74, 6) is 1.72. The summed E-state index contributed by atoms with van der Waals surface area (Å²) in [6.45, 7) is 1.80. The fourth-order valence-corrected chi connectivity index (χ4v) is 4.50. The molecule has 1 aromatic rings. The van der Waals surface area contributed by atoms with Crippen LogP contribution >= 0.6 is 0 Å². The van der Waals surface area contributed by atoms with E-state index in [0.29, 0.717) is 12.0 Å². The lowest BCUT2D eigenvalue weighted by atomic mass is 9.85. The Morgan fingerprint density at radius 2 is 1.88 bits per heavy atom. The number of fused-ring (bicyclic) bond motifs is 1. The zero-order valence-electron chi connectivity index (χ0n) is 14.2. The zero-order chi connectivity index (χ0) is 16.4. The summed E-state index contributed by atoms with van der Waals surface area (Å²) in [6, 6.07) is 2.71. The first-order chi connectivity index (χ1) is 11.8. The van der Waals surface area contributed by atoms with Gasteiger partial charge in [0.25, 0.3) is 0 Å². The molecule has 2 N–H and O–H groups in total. The van der Waals surface area contributed by atoms with E-state index in [-0.39, 0.29) is 18.0 Å². The second-order valence-electron chi connectivity index (χ2n) is 7.42. The van der Waals surface area contributed by atoms with Crippen molar-refractivity contribution in [1.82, 2.24) is 20.6 Å². The van der Waals surface area contributed by atoms with Gasteiger partial charge in [-0.2, -0.15) is 0 Å². The van der Waals surface area contributed by atoms with Crippen LogP contribution in [0.2, 0.25) is 0 Å². The second-order valence-corrected chi connectivity index (χ2v) is 7.42. The van der Waals surface area contributed by atoms with Crippen molar-refractivity contribution >= 4 is 11.9 Å². The van der Waals surface area contributed by atoms with Gasteiger partial charge in [-0.15, -0.1) is 0 Å². The van der Waals surface area contributed by atoms with Crippen molar-refractivity contribution in [2.45, 2.75) is 63.1 Å². The lowest BCUT2D eigenvalue weighted by molar-refractivity contribution is -0.123. The van der Waals surface area contributed by atoms with E-state index in [2.05, 4.69) is 25.5 Å². The van der Waals surface area contributed by atoms with Crippen molar-refractivity contribution in [3.05, 3.63) is 18.5 Å². The molecule has 1 saturated carbocycles. The van der Waals surface area contributed by atoms with E-state index in [1.807, 2.05) is 6.07 Å². The maximum absolute atomic E-state index is 12.6. The Labute approximate surface area is 143 Å². The van der Waals surface area contributed by atoms with Crippen molar-refractivity contribution in [2.24, 2.45) is 5.92 Å². The third-order valence-corrected chi connectivity index (χ3v) is 5.86. The molecule has 24 heavy (non-hydrogen) atoms. The molecule has 0 unspecified atom stereocenters. The molecule has 3 atom stereocenters. The quantitative estimate of drug-likeness (QED) is 0.879. The molecule has 1 aromatic heterocycles. The predicted octanol–water partition coefficient (Wildman–Crippen LogP) is 1.48. The Kier molecular flexibility index (Phi) is 4.65. The van der Waals surface area contributed by atoms with Gasteiger partial charge in [-0.25, -0.2) is 9.97 Å². The van der Waals surface area contributed by atoms with Gasteiger partial charge < -0.3 is 15.5 Å². The lowest BCUT2D eigenvalue weighted by Crippen LogP contribution is -2.50. The van der Waals surface area contributed by atoms with Crippen LogP contribution in [0.3, 0.4) is 0 Å². The van der Waals surface area contributed by atoms with Gasteiger partial charge in [-0.3, -0.25) is 4.79 Å². The minimum absolute atomic E-state index is 0.0218. The van der Waals surface area contributed by atoms with Gasteiger partial charge in [0.2, 0.25) is 11.9 Å². The molecule has 0 aromatic carbocycles. The highest BCUT2D eigenvalue weighted by Gasteiger charge is 2.38. The Balaban J connectivity index is 1.26. The van der Waals surface area contributed by atoms with Crippen LogP contribution in [0.4, 0.5) is 5.95 Å². The molecule has 2 saturated heterocycles. The summed E-state index contributed by atoms with van der Waals surface area (Å²) in [5.41, 5.74) is 0. The molecule has 3 heterocycles. The number of nitrogens with one attached hydrogen (secondary N) is 2. The molecule has 6 nitrogen and oxygen atoms in total. The Bertz CT molecular complexity index is 544. The predicted molar refractivity (Wildman–Crippen MR) is 92.7 cm³/mol. The minimum atomic E-state index is 0.0218. The van der Waals surface area contributed by atoms with Crippen LogP contribution in [0.5, 0.6) is 0 Å². The van der Waals surface area contributed by atoms with E-state index in [9.17, 15) is 4.79 Å². The number of hydrogen-bond donors (Lipinski definition) is 2. The molecule has 3 fully saturated rings. The van der Waals surface area contributed by atoms with E-state index < -0.39 is 0 Å². The van der Waals surface area contributed by atoms with Crippen molar-refractivity contribution < 1.29 is 4.79 Å². The number of carbonyl (C=O) groups is 1. The number of rotatable bonds is 3. The normalized spacial score (nSPS) is 30.8. The van der Waals surface area contributed by atoms with Crippen molar-refractivity contribution in [2.75, 3.05) is 18.0 Å². The monoisotopic (exact) mass is 329 g/mol. The topological polar surface area (TPSA) is 70.2 Å². The first kappa shape index (κ1) is 15.8. The molecular weight excluding hydrogens is 302 g/mol. The molecule has 1 aliphatic carbocycles. The molecule has 130 valence electrons. The van der Waals surface area contributed by atoms with Crippen LogP contribution < -0.4 is 15.5 Å². The average molecular weight is 329 g/mol. The largest absolute Gasteiger partial charge is 0.352 e. The fraction of sp³-hybridized carbons (Fsp3) is 0.722. The number of piperidine rings is 1. The molecule has 0 spiro atoms. The van der Waals surface area contributed by atoms with Crippen LogP contribution in [0.15, 0.2) is 18.5 Å². The maximum Gasteiger partial charge on any atom is 0.237 e. The van der Waals surface area contributed by atoms with Crippen LogP contribution in [0.1, 0.15) is 44.9 Å². The number of hydrogen-bond acceptors (Lipinski definition) is 5. The SMILES string of the molecule is O=C(NC1CCN(c2ncccn2)CC1)[C@@H]1C[C@@H]2CCCC[C@@H]2N1. The van der Waals surface area contributed by atoms with Gasteiger partial charge in [0, 0.05) is 37.6 Å². The van der Waals surface area contributed by atoms with E-state index in [4.69, 9.17) is 0 Å². The zero-order valence-corrected chi connectivity index (χ0v) is 14.2. The van der Waals surface area contributed by atoms with Crippen LogP contribution in [0, 0.1) is 5.92 Å². The average Bonchev–Trinajstić information content (AvgIpc) is 3.07. The van der Waals surface area contributed by atoms with Gasteiger partial charge in [-0.1, -0.05) is 12.8 Å². The highest BCUT2D eigenvalue weighted by molar-refractivity contribution is 5.82. The molecule has 3 aliphatic rings. The summed E-state index contributed by atoms with van der Waals surface area (Å²) in [6.07, 6.45) is 11.7. The summed E-state index contributed by atoms with van der Waals surface area (Å²) >= 11 is 0. The summed E-state index contributed by atoms with van der Waals surface area (Å²) < 4.78 is 0. The molecule has 2 aliphatic heterocycles. The fourth-order valence-electron chi connectivity index (χ4n) is 4.50. The third kappa shape index (κ3) is 3.38. The first-order valence-electron chi connectivity index (χ1n) is 9.38. The summed E-state index contributed by atoms with van der Waals surface area (Å²) in [7, 11) is 0. The number of anilines is 1. The van der Waals surface area contributed by atoms with Crippen molar-refractivity contribution in [3.8, 4) is 0 Å². The van der Waals surface area contributed by atoms with Crippen molar-refractivity contribution in [3.63, 3.8) is 0 Å². The van der Waals surface area contributed by atoms with E-state index in [1.54, 1.807) is 12.4 Å².